The van der Waals surface area contributed by atoms with Crippen molar-refractivity contribution in [3.63, 3.8) is 0 Å². The van der Waals surface area contributed by atoms with Gasteiger partial charge in [-0.1, -0.05) is 31.2 Å². The Labute approximate surface area is 137 Å². The smallest absolute Gasteiger partial charge is 0.244 e. The third-order valence-corrected chi connectivity index (χ3v) is 5.12. The predicted molar refractivity (Wildman–Crippen MR) is 94.0 cm³/mol. The Bertz CT molecular complexity index is 499. The summed E-state index contributed by atoms with van der Waals surface area (Å²) in [4.78, 5) is 15.7. The number of rotatable bonds is 6. The topological polar surface area (TPSA) is 32.3 Å². The Morgan fingerprint density at radius 3 is 2.86 bits per heavy atom. The molecule has 0 saturated carbocycles. The summed E-state index contributed by atoms with van der Waals surface area (Å²) in [5, 5.41) is 5.16. The first-order valence-corrected chi connectivity index (χ1v) is 8.93. The van der Waals surface area contributed by atoms with Crippen molar-refractivity contribution in [1.29, 1.82) is 0 Å². The fraction of sp³-hybridized carbons (Fsp3) is 0.500. The molecule has 1 amide bonds. The Hall–Kier alpha value is -1.39. The highest BCUT2D eigenvalue weighted by Gasteiger charge is 2.25. The molecule has 1 N–H and O–H groups in total. The molecule has 0 aromatic carbocycles. The summed E-state index contributed by atoms with van der Waals surface area (Å²) < 4.78 is 0. The van der Waals surface area contributed by atoms with Crippen molar-refractivity contribution in [3.05, 3.63) is 46.7 Å². The molecule has 1 aliphatic heterocycles. The van der Waals surface area contributed by atoms with Gasteiger partial charge in [-0.2, -0.15) is 0 Å². The standard InChI is InChI=1S/C18H26N2OS/c1-3-4-5-8-18(21)19-14-16(17-7-6-13-22-17)20-11-9-15(2)10-12-20/h3-8,13,15-16H,9-12,14H2,1-2H3,(H,19,21). The number of piperidine rings is 1. The first-order chi connectivity index (χ1) is 10.7. The molecule has 120 valence electrons. The molecule has 4 heteroatoms. The van der Waals surface area contributed by atoms with E-state index in [1.54, 1.807) is 23.5 Å². The van der Waals surface area contributed by atoms with Gasteiger partial charge in [-0.3, -0.25) is 9.69 Å². The normalized spacial score (nSPS) is 19.0. The van der Waals surface area contributed by atoms with Crippen LogP contribution in [0.5, 0.6) is 0 Å². The van der Waals surface area contributed by atoms with Gasteiger partial charge in [-0.25, -0.2) is 0 Å². The Kier molecular flexibility index (Phi) is 6.87. The lowest BCUT2D eigenvalue weighted by atomic mass is 9.97. The fourth-order valence-electron chi connectivity index (χ4n) is 2.74. The molecule has 0 aliphatic carbocycles. The summed E-state index contributed by atoms with van der Waals surface area (Å²) in [5.41, 5.74) is 0. The number of thiophene rings is 1. The van der Waals surface area contributed by atoms with E-state index in [1.165, 1.54) is 17.7 Å². The first-order valence-electron chi connectivity index (χ1n) is 8.05. The van der Waals surface area contributed by atoms with Crippen LogP contribution < -0.4 is 5.32 Å². The third kappa shape index (κ3) is 5.11. The Morgan fingerprint density at radius 2 is 2.23 bits per heavy atom. The van der Waals surface area contributed by atoms with Gasteiger partial charge in [0.2, 0.25) is 5.91 Å². The number of nitrogens with one attached hydrogen (secondary N) is 1. The second-order valence-corrected chi connectivity index (χ2v) is 6.86. The predicted octanol–water partition coefficient (Wildman–Crippen LogP) is 3.77. The van der Waals surface area contributed by atoms with E-state index in [-0.39, 0.29) is 5.91 Å². The highest BCUT2D eigenvalue weighted by Crippen LogP contribution is 2.28. The molecule has 3 nitrogen and oxygen atoms in total. The van der Waals surface area contributed by atoms with Crippen LogP contribution in [-0.2, 0) is 4.79 Å². The van der Waals surface area contributed by atoms with Crippen LogP contribution in [0.15, 0.2) is 41.8 Å². The van der Waals surface area contributed by atoms with Crippen molar-refractivity contribution in [2.24, 2.45) is 5.92 Å². The highest BCUT2D eigenvalue weighted by molar-refractivity contribution is 7.10. The molecule has 1 aliphatic rings. The molecule has 1 unspecified atom stereocenters. The second-order valence-electron chi connectivity index (χ2n) is 5.88. The quantitative estimate of drug-likeness (QED) is 0.639. The Balaban J connectivity index is 1.95. The van der Waals surface area contributed by atoms with E-state index in [1.807, 2.05) is 19.1 Å². The number of carbonyl (C=O) groups excluding carboxylic acids is 1. The van der Waals surface area contributed by atoms with Crippen LogP contribution in [0, 0.1) is 5.92 Å². The van der Waals surface area contributed by atoms with Crippen LogP contribution in [0.2, 0.25) is 0 Å². The van der Waals surface area contributed by atoms with E-state index < -0.39 is 0 Å². The Morgan fingerprint density at radius 1 is 1.45 bits per heavy atom. The maximum Gasteiger partial charge on any atom is 0.244 e. The van der Waals surface area contributed by atoms with Crippen LogP contribution in [0.4, 0.5) is 0 Å². The SMILES string of the molecule is CC=CC=CC(=O)NCC(c1cccs1)N1CCC(C)CC1. The molecule has 1 atom stereocenters. The molecule has 1 saturated heterocycles. The van der Waals surface area contributed by atoms with Gasteiger partial charge in [0.1, 0.15) is 0 Å². The van der Waals surface area contributed by atoms with Crippen molar-refractivity contribution in [1.82, 2.24) is 10.2 Å². The number of nitrogens with zero attached hydrogens (tertiary/aromatic N) is 1. The minimum absolute atomic E-state index is 0.0231. The van der Waals surface area contributed by atoms with Crippen LogP contribution >= 0.6 is 11.3 Å². The zero-order valence-corrected chi connectivity index (χ0v) is 14.3. The average molecular weight is 318 g/mol. The minimum atomic E-state index is -0.0231. The summed E-state index contributed by atoms with van der Waals surface area (Å²) in [6.45, 7) is 7.17. The number of hydrogen-bond donors (Lipinski definition) is 1. The summed E-state index contributed by atoms with van der Waals surface area (Å²) >= 11 is 1.78. The molecule has 2 heterocycles. The van der Waals surface area contributed by atoms with Gasteiger partial charge in [-0.05, 0) is 50.2 Å². The van der Waals surface area contributed by atoms with E-state index in [4.69, 9.17) is 0 Å². The van der Waals surface area contributed by atoms with E-state index in [9.17, 15) is 4.79 Å². The molecule has 1 aromatic rings. The number of allylic oxidation sites excluding steroid dienone is 3. The molecular weight excluding hydrogens is 292 g/mol. The molecule has 22 heavy (non-hydrogen) atoms. The highest BCUT2D eigenvalue weighted by atomic mass is 32.1. The molecule has 1 fully saturated rings. The lowest BCUT2D eigenvalue weighted by Gasteiger charge is -2.36. The monoisotopic (exact) mass is 318 g/mol. The summed E-state index contributed by atoms with van der Waals surface area (Å²) in [7, 11) is 0. The maximum absolute atomic E-state index is 11.9. The van der Waals surface area contributed by atoms with Gasteiger partial charge >= 0.3 is 0 Å². The number of likely N-dealkylation sites (tertiary alicyclic amines) is 1. The lowest BCUT2D eigenvalue weighted by Crippen LogP contribution is -2.41. The van der Waals surface area contributed by atoms with Gasteiger partial charge in [0, 0.05) is 17.5 Å². The van der Waals surface area contributed by atoms with E-state index in [0.29, 0.717) is 12.6 Å². The largest absolute Gasteiger partial charge is 0.351 e. The maximum atomic E-state index is 11.9. The lowest BCUT2D eigenvalue weighted by molar-refractivity contribution is -0.116. The number of amides is 1. The van der Waals surface area contributed by atoms with Crippen molar-refractivity contribution in [2.45, 2.75) is 32.7 Å². The molecule has 0 spiro atoms. The van der Waals surface area contributed by atoms with Gasteiger partial charge in [-0.15, -0.1) is 11.3 Å². The van der Waals surface area contributed by atoms with Crippen molar-refractivity contribution < 1.29 is 4.79 Å². The number of hydrogen-bond acceptors (Lipinski definition) is 3. The zero-order chi connectivity index (χ0) is 15.8. The molecule has 0 bridgehead atoms. The van der Waals surface area contributed by atoms with Crippen molar-refractivity contribution >= 4 is 17.2 Å². The number of carbonyl (C=O) groups is 1. The summed E-state index contributed by atoms with van der Waals surface area (Å²) in [6, 6.07) is 4.56. The van der Waals surface area contributed by atoms with Gasteiger partial charge < -0.3 is 5.32 Å². The van der Waals surface area contributed by atoms with Crippen LogP contribution in [0.3, 0.4) is 0 Å². The fourth-order valence-corrected chi connectivity index (χ4v) is 3.60. The average Bonchev–Trinajstić information content (AvgIpc) is 3.04. The molecule has 2 rings (SSSR count). The second kappa shape index (κ2) is 8.91. The van der Waals surface area contributed by atoms with Gasteiger partial charge in [0.15, 0.2) is 0 Å². The molecule has 1 aromatic heterocycles. The minimum Gasteiger partial charge on any atom is -0.351 e. The third-order valence-electron chi connectivity index (χ3n) is 4.15. The summed E-state index contributed by atoms with van der Waals surface area (Å²) in [6.07, 6.45) is 9.63. The van der Waals surface area contributed by atoms with Crippen molar-refractivity contribution in [3.8, 4) is 0 Å². The van der Waals surface area contributed by atoms with E-state index in [0.717, 1.165) is 19.0 Å². The van der Waals surface area contributed by atoms with Gasteiger partial charge in [0.05, 0.1) is 6.04 Å². The molecular formula is C18H26N2OS. The van der Waals surface area contributed by atoms with Gasteiger partial charge in [0.25, 0.3) is 0 Å². The van der Waals surface area contributed by atoms with E-state index >= 15 is 0 Å². The summed E-state index contributed by atoms with van der Waals surface area (Å²) in [5.74, 6) is 0.795. The van der Waals surface area contributed by atoms with E-state index in [2.05, 4.69) is 34.7 Å². The van der Waals surface area contributed by atoms with Crippen LogP contribution in [0.1, 0.15) is 37.6 Å². The molecule has 0 radical (unpaired) electrons. The van der Waals surface area contributed by atoms with Crippen LogP contribution in [-0.4, -0.2) is 30.4 Å². The van der Waals surface area contributed by atoms with Crippen molar-refractivity contribution in [2.75, 3.05) is 19.6 Å². The van der Waals surface area contributed by atoms with Crippen LogP contribution in [0.25, 0.3) is 0 Å². The zero-order valence-electron chi connectivity index (χ0n) is 13.5. The first kappa shape index (κ1) is 17.0.